The molecule has 1 amide bonds. The molecule has 15 heavy (non-hydrogen) atoms. The van der Waals surface area contributed by atoms with Gasteiger partial charge in [-0.3, -0.25) is 5.32 Å². The van der Waals surface area contributed by atoms with Gasteiger partial charge in [-0.25, -0.2) is 4.79 Å². The molecule has 0 aliphatic heterocycles. The van der Waals surface area contributed by atoms with E-state index in [-0.39, 0.29) is 0 Å². The summed E-state index contributed by atoms with van der Waals surface area (Å²) in [5.41, 5.74) is 0.120. The van der Waals surface area contributed by atoms with Gasteiger partial charge in [0.05, 0.1) is 0 Å². The molecule has 1 heterocycles. The van der Waals surface area contributed by atoms with Crippen molar-refractivity contribution in [3.05, 3.63) is 23.0 Å². The normalized spacial score (nSPS) is 10.9. The summed E-state index contributed by atoms with van der Waals surface area (Å²) < 4.78 is 5.65. The van der Waals surface area contributed by atoms with Crippen LogP contribution in [0.5, 0.6) is 0 Å². The molecule has 0 bridgehead atoms. The van der Waals surface area contributed by atoms with Crippen LogP contribution in [0.4, 0.5) is 10.5 Å². The highest BCUT2D eigenvalue weighted by atomic mass is 32.1. The molecule has 0 aliphatic carbocycles. The molecule has 0 fully saturated rings. The van der Waals surface area contributed by atoms with Crippen molar-refractivity contribution in [2.24, 2.45) is 0 Å². The quantitative estimate of drug-likeness (QED) is 0.723. The third kappa shape index (κ3) is 4.60. The summed E-state index contributed by atoms with van der Waals surface area (Å²) in [4.78, 5) is 14.2. The van der Waals surface area contributed by atoms with Gasteiger partial charge in [0.15, 0.2) is 0 Å². The SMILES string of the molecule is CC(C)(C)OC(=O)Nc1cc[nH]c(=S)c1. The van der Waals surface area contributed by atoms with Crippen LogP contribution in [0.15, 0.2) is 18.3 Å². The highest BCUT2D eigenvalue weighted by Gasteiger charge is 2.15. The summed E-state index contributed by atoms with van der Waals surface area (Å²) in [7, 11) is 0. The maximum Gasteiger partial charge on any atom is 0.412 e. The molecule has 0 aliphatic rings. The minimum Gasteiger partial charge on any atom is -0.444 e. The number of nitrogens with one attached hydrogen (secondary N) is 2. The smallest absolute Gasteiger partial charge is 0.412 e. The van der Waals surface area contributed by atoms with E-state index in [0.29, 0.717) is 10.3 Å². The summed E-state index contributed by atoms with van der Waals surface area (Å²) in [5.74, 6) is 0. The number of H-pyrrole nitrogens is 1. The molecule has 1 aromatic heterocycles. The van der Waals surface area contributed by atoms with Gasteiger partial charge >= 0.3 is 6.09 Å². The van der Waals surface area contributed by atoms with Crippen molar-refractivity contribution in [3.8, 4) is 0 Å². The van der Waals surface area contributed by atoms with Crippen LogP contribution in [-0.2, 0) is 4.74 Å². The van der Waals surface area contributed by atoms with Crippen LogP contribution < -0.4 is 5.32 Å². The third-order valence-corrected chi connectivity index (χ3v) is 1.66. The Hall–Kier alpha value is -1.36. The van der Waals surface area contributed by atoms with Crippen molar-refractivity contribution in [2.75, 3.05) is 5.32 Å². The van der Waals surface area contributed by atoms with Crippen molar-refractivity contribution >= 4 is 24.0 Å². The van der Waals surface area contributed by atoms with Crippen LogP contribution in [-0.4, -0.2) is 16.7 Å². The second-order valence-electron chi connectivity index (χ2n) is 4.07. The van der Waals surface area contributed by atoms with Crippen molar-refractivity contribution in [2.45, 2.75) is 26.4 Å². The van der Waals surface area contributed by atoms with Crippen LogP contribution in [0.2, 0.25) is 0 Å². The van der Waals surface area contributed by atoms with Crippen LogP contribution in [0.25, 0.3) is 0 Å². The van der Waals surface area contributed by atoms with Crippen LogP contribution in [0.1, 0.15) is 20.8 Å². The first-order valence-electron chi connectivity index (χ1n) is 4.55. The van der Waals surface area contributed by atoms with Gasteiger partial charge in [0.1, 0.15) is 10.2 Å². The number of ether oxygens (including phenoxy) is 1. The van der Waals surface area contributed by atoms with Crippen LogP contribution in [0, 0.1) is 4.64 Å². The number of aromatic nitrogens is 1. The maximum absolute atomic E-state index is 11.4. The molecule has 0 atom stereocenters. The average Bonchev–Trinajstić information content (AvgIpc) is 1.99. The highest BCUT2D eigenvalue weighted by Crippen LogP contribution is 2.10. The number of hydrogen-bond donors (Lipinski definition) is 2. The number of carbonyl (C=O) groups is 1. The standard InChI is InChI=1S/C10H14N2O2S/c1-10(2,3)14-9(13)12-7-4-5-11-8(15)6-7/h4-6H,1-3H3,(H2,11,12,13,15). The van der Waals surface area contributed by atoms with E-state index in [9.17, 15) is 4.79 Å². The zero-order valence-corrected chi connectivity index (χ0v) is 9.77. The molecule has 2 N–H and O–H groups in total. The molecule has 4 nitrogen and oxygen atoms in total. The fourth-order valence-electron chi connectivity index (χ4n) is 0.944. The number of rotatable bonds is 1. The average molecular weight is 226 g/mol. The van der Waals surface area contributed by atoms with Gasteiger partial charge in [-0.15, -0.1) is 0 Å². The van der Waals surface area contributed by atoms with Gasteiger partial charge < -0.3 is 9.72 Å². The molecule has 0 spiro atoms. The predicted molar refractivity (Wildman–Crippen MR) is 61.5 cm³/mol. The Labute approximate surface area is 93.7 Å². The van der Waals surface area contributed by atoms with Crippen molar-refractivity contribution in [3.63, 3.8) is 0 Å². The predicted octanol–water partition coefficient (Wildman–Crippen LogP) is 3.09. The molecule has 0 saturated carbocycles. The first-order chi connectivity index (χ1) is 6.87. The zero-order chi connectivity index (χ0) is 11.5. The molecular weight excluding hydrogens is 212 g/mol. The lowest BCUT2D eigenvalue weighted by molar-refractivity contribution is 0.0636. The second kappa shape index (κ2) is 4.44. The lowest BCUT2D eigenvalue weighted by atomic mass is 10.2. The molecule has 0 radical (unpaired) electrons. The van der Waals surface area contributed by atoms with E-state index in [1.165, 1.54) is 0 Å². The van der Waals surface area contributed by atoms with Gasteiger partial charge in [0, 0.05) is 11.9 Å². The molecule has 1 rings (SSSR count). The van der Waals surface area contributed by atoms with Crippen molar-refractivity contribution in [1.82, 2.24) is 4.98 Å². The Balaban J connectivity index is 2.63. The van der Waals surface area contributed by atoms with E-state index >= 15 is 0 Å². The Bertz CT molecular complexity index is 406. The summed E-state index contributed by atoms with van der Waals surface area (Å²) in [6, 6.07) is 3.36. The second-order valence-corrected chi connectivity index (χ2v) is 4.51. The summed E-state index contributed by atoms with van der Waals surface area (Å²) in [5, 5.41) is 2.59. The maximum atomic E-state index is 11.4. The number of anilines is 1. The highest BCUT2D eigenvalue weighted by molar-refractivity contribution is 7.71. The van der Waals surface area contributed by atoms with Gasteiger partial charge in [0.2, 0.25) is 0 Å². The van der Waals surface area contributed by atoms with Crippen molar-refractivity contribution < 1.29 is 9.53 Å². The summed E-state index contributed by atoms with van der Waals surface area (Å²) in [6.07, 6.45) is 1.18. The number of amides is 1. The minimum absolute atomic E-state index is 0.483. The van der Waals surface area contributed by atoms with E-state index < -0.39 is 11.7 Å². The van der Waals surface area contributed by atoms with Crippen LogP contribution >= 0.6 is 12.2 Å². The number of hydrogen-bond acceptors (Lipinski definition) is 3. The summed E-state index contributed by atoms with van der Waals surface area (Å²) in [6.45, 7) is 5.43. The Morgan fingerprint density at radius 3 is 2.73 bits per heavy atom. The van der Waals surface area contributed by atoms with Gasteiger partial charge in [0.25, 0.3) is 0 Å². The molecule has 0 unspecified atom stereocenters. The molecule has 0 aromatic carbocycles. The largest absolute Gasteiger partial charge is 0.444 e. The molecular formula is C10H14N2O2S. The lowest BCUT2D eigenvalue weighted by Gasteiger charge is -2.19. The van der Waals surface area contributed by atoms with E-state index in [4.69, 9.17) is 17.0 Å². The van der Waals surface area contributed by atoms with E-state index in [0.717, 1.165) is 0 Å². The number of pyridine rings is 1. The van der Waals surface area contributed by atoms with E-state index in [1.54, 1.807) is 18.3 Å². The zero-order valence-electron chi connectivity index (χ0n) is 8.96. The van der Waals surface area contributed by atoms with Crippen molar-refractivity contribution in [1.29, 1.82) is 0 Å². The first kappa shape index (κ1) is 11.7. The molecule has 5 heteroatoms. The topological polar surface area (TPSA) is 54.1 Å². The lowest BCUT2D eigenvalue weighted by Crippen LogP contribution is -2.27. The minimum atomic E-state index is -0.498. The fraction of sp³-hybridized carbons (Fsp3) is 0.400. The monoisotopic (exact) mass is 226 g/mol. The van der Waals surface area contributed by atoms with Gasteiger partial charge in [-0.1, -0.05) is 12.2 Å². The summed E-state index contributed by atoms with van der Waals surface area (Å²) >= 11 is 4.91. The van der Waals surface area contributed by atoms with Crippen LogP contribution in [0.3, 0.4) is 0 Å². The fourth-order valence-corrected chi connectivity index (χ4v) is 1.14. The van der Waals surface area contributed by atoms with E-state index in [2.05, 4.69) is 10.3 Å². The Morgan fingerprint density at radius 2 is 2.20 bits per heavy atom. The molecule has 1 aromatic rings. The van der Waals surface area contributed by atoms with Gasteiger partial charge in [-0.2, -0.15) is 0 Å². The molecule has 82 valence electrons. The Kier molecular flexibility index (Phi) is 3.47. The first-order valence-corrected chi connectivity index (χ1v) is 4.96. The van der Waals surface area contributed by atoms with E-state index in [1.807, 2.05) is 20.8 Å². The Morgan fingerprint density at radius 1 is 1.53 bits per heavy atom. The third-order valence-electron chi connectivity index (χ3n) is 1.42. The molecule has 0 saturated heterocycles. The van der Waals surface area contributed by atoms with Gasteiger partial charge in [-0.05, 0) is 32.9 Å². The number of carbonyl (C=O) groups excluding carboxylic acids is 1. The number of aromatic amines is 1.